The van der Waals surface area contributed by atoms with Crippen molar-refractivity contribution < 1.29 is 17.9 Å². The van der Waals surface area contributed by atoms with E-state index in [-0.39, 0.29) is 23.0 Å². The summed E-state index contributed by atoms with van der Waals surface area (Å²) in [5.41, 5.74) is 4.85. The Morgan fingerprint density at radius 1 is 1.45 bits per heavy atom. The Kier molecular flexibility index (Phi) is 4.14. The third kappa shape index (κ3) is 3.18. The summed E-state index contributed by atoms with van der Waals surface area (Å²) in [6.45, 7) is 0. The molecular weight excluding hydrogens is 291 g/mol. The smallest absolute Gasteiger partial charge is 0.389 e. The Bertz CT molecular complexity index is 515. The number of pyridine rings is 1. The maximum Gasteiger partial charge on any atom is 0.433 e. The number of rotatable bonds is 4. The molecule has 3 N–H and O–H groups in total. The molecule has 1 saturated carbocycles. The van der Waals surface area contributed by atoms with Crippen LogP contribution in [0.25, 0.3) is 0 Å². The molecule has 0 aromatic carbocycles. The lowest BCUT2D eigenvalue weighted by atomic mass is 9.89. The highest BCUT2D eigenvalue weighted by Gasteiger charge is 2.34. The second kappa shape index (κ2) is 5.53. The van der Waals surface area contributed by atoms with E-state index in [1.54, 1.807) is 7.11 Å². The van der Waals surface area contributed by atoms with Crippen molar-refractivity contribution in [2.45, 2.75) is 31.2 Å². The molecule has 8 heteroatoms. The average molecular weight is 305 g/mol. The van der Waals surface area contributed by atoms with E-state index in [0.29, 0.717) is 18.4 Å². The van der Waals surface area contributed by atoms with Crippen LogP contribution >= 0.6 is 12.2 Å². The molecule has 20 heavy (non-hydrogen) atoms. The molecule has 1 aromatic heterocycles. The van der Waals surface area contributed by atoms with Gasteiger partial charge in [-0.2, -0.15) is 13.2 Å². The fraction of sp³-hybridized carbons (Fsp3) is 0.500. The van der Waals surface area contributed by atoms with Crippen molar-refractivity contribution in [2.75, 3.05) is 12.4 Å². The number of anilines is 1. The first-order valence-electron chi connectivity index (χ1n) is 5.98. The van der Waals surface area contributed by atoms with Gasteiger partial charge in [0.1, 0.15) is 16.5 Å². The summed E-state index contributed by atoms with van der Waals surface area (Å²) < 4.78 is 43.1. The zero-order valence-corrected chi connectivity index (χ0v) is 11.5. The van der Waals surface area contributed by atoms with E-state index >= 15 is 0 Å². The number of thiocarbonyl (C=S) groups is 1. The molecule has 0 amide bonds. The van der Waals surface area contributed by atoms with E-state index < -0.39 is 11.9 Å². The highest BCUT2D eigenvalue weighted by molar-refractivity contribution is 7.80. The first-order chi connectivity index (χ1) is 9.31. The summed E-state index contributed by atoms with van der Waals surface area (Å²) in [4.78, 5) is 3.60. The normalized spacial score (nSPS) is 22.2. The highest BCUT2D eigenvalue weighted by Crippen LogP contribution is 2.31. The number of alkyl halides is 3. The molecule has 2 rings (SSSR count). The lowest BCUT2D eigenvalue weighted by Gasteiger charge is -2.35. The molecule has 0 saturated heterocycles. The van der Waals surface area contributed by atoms with Gasteiger partial charge in [-0.05, 0) is 25.0 Å². The maximum atomic E-state index is 12.7. The minimum atomic E-state index is -4.50. The predicted octanol–water partition coefficient (Wildman–Crippen LogP) is 2.32. The molecule has 110 valence electrons. The third-order valence-electron chi connectivity index (χ3n) is 3.22. The Hall–Kier alpha value is -1.41. The number of halogens is 3. The van der Waals surface area contributed by atoms with E-state index in [1.807, 2.05) is 0 Å². The summed E-state index contributed by atoms with van der Waals surface area (Å²) in [6.07, 6.45) is -2.94. The maximum absolute atomic E-state index is 12.7. The van der Waals surface area contributed by atoms with Crippen LogP contribution in [0, 0.1) is 0 Å². The minimum absolute atomic E-state index is 0.0105. The quantitative estimate of drug-likeness (QED) is 0.836. The first-order valence-corrected chi connectivity index (χ1v) is 6.39. The van der Waals surface area contributed by atoms with Crippen molar-refractivity contribution in [3.8, 4) is 0 Å². The Morgan fingerprint density at radius 2 is 2.10 bits per heavy atom. The predicted molar refractivity (Wildman–Crippen MR) is 72.6 cm³/mol. The van der Waals surface area contributed by atoms with Crippen molar-refractivity contribution >= 4 is 23.0 Å². The van der Waals surface area contributed by atoms with Gasteiger partial charge in [0.15, 0.2) is 0 Å². The van der Waals surface area contributed by atoms with Gasteiger partial charge in [0, 0.05) is 13.2 Å². The van der Waals surface area contributed by atoms with Gasteiger partial charge in [0.05, 0.1) is 11.7 Å². The van der Waals surface area contributed by atoms with Crippen molar-refractivity contribution in [3.05, 3.63) is 23.4 Å². The summed E-state index contributed by atoms with van der Waals surface area (Å²) in [6, 6.07) is 2.13. The molecule has 0 unspecified atom stereocenters. The van der Waals surface area contributed by atoms with Crippen LogP contribution in [-0.4, -0.2) is 29.2 Å². The van der Waals surface area contributed by atoms with Crippen molar-refractivity contribution in [2.24, 2.45) is 5.73 Å². The van der Waals surface area contributed by atoms with Crippen LogP contribution in [0.2, 0.25) is 0 Å². The van der Waals surface area contributed by atoms with Crippen LogP contribution in [0.3, 0.4) is 0 Å². The van der Waals surface area contributed by atoms with Gasteiger partial charge in [0.2, 0.25) is 0 Å². The van der Waals surface area contributed by atoms with Crippen LogP contribution < -0.4 is 11.1 Å². The molecule has 1 fully saturated rings. The standard InChI is InChI=1S/C12H14F3N3OS/c1-19-7-4-6(5-7)17-11-8(10(16)20)2-3-9(18-11)12(13,14)15/h2-3,6-7H,4-5H2,1H3,(H2,16,20)(H,17,18). The molecular formula is C12H14F3N3OS. The van der Waals surface area contributed by atoms with Crippen molar-refractivity contribution in [3.63, 3.8) is 0 Å². The molecule has 1 aliphatic carbocycles. The Morgan fingerprint density at radius 3 is 2.60 bits per heavy atom. The molecule has 0 atom stereocenters. The number of methoxy groups -OCH3 is 1. The van der Waals surface area contributed by atoms with Crippen LogP contribution in [0.4, 0.5) is 19.0 Å². The van der Waals surface area contributed by atoms with Crippen molar-refractivity contribution in [1.82, 2.24) is 4.98 Å². The largest absolute Gasteiger partial charge is 0.433 e. The molecule has 0 bridgehead atoms. The first kappa shape index (κ1) is 15.0. The highest BCUT2D eigenvalue weighted by atomic mass is 32.1. The van der Waals surface area contributed by atoms with Crippen LogP contribution in [0.5, 0.6) is 0 Å². The molecule has 1 heterocycles. The number of nitrogens with one attached hydrogen (secondary N) is 1. The van der Waals surface area contributed by atoms with E-state index in [1.165, 1.54) is 6.07 Å². The molecule has 0 spiro atoms. The van der Waals surface area contributed by atoms with Crippen LogP contribution in [0.15, 0.2) is 12.1 Å². The molecule has 0 radical (unpaired) electrons. The fourth-order valence-electron chi connectivity index (χ4n) is 2.00. The zero-order chi connectivity index (χ0) is 14.9. The Balaban J connectivity index is 2.22. The van der Waals surface area contributed by atoms with Crippen molar-refractivity contribution in [1.29, 1.82) is 0 Å². The van der Waals surface area contributed by atoms with E-state index in [0.717, 1.165) is 6.07 Å². The van der Waals surface area contributed by atoms with Gasteiger partial charge in [-0.1, -0.05) is 12.2 Å². The second-order valence-corrected chi connectivity index (χ2v) is 5.06. The van der Waals surface area contributed by atoms with Crippen LogP contribution in [0.1, 0.15) is 24.1 Å². The number of hydrogen-bond donors (Lipinski definition) is 2. The van der Waals surface area contributed by atoms with E-state index in [9.17, 15) is 13.2 Å². The van der Waals surface area contributed by atoms with Gasteiger partial charge in [-0.15, -0.1) is 0 Å². The number of hydrogen-bond acceptors (Lipinski definition) is 4. The lowest BCUT2D eigenvalue weighted by molar-refractivity contribution is -0.141. The molecule has 0 aliphatic heterocycles. The monoisotopic (exact) mass is 305 g/mol. The number of ether oxygens (including phenoxy) is 1. The molecule has 4 nitrogen and oxygen atoms in total. The van der Waals surface area contributed by atoms with Gasteiger partial charge >= 0.3 is 6.18 Å². The topological polar surface area (TPSA) is 60.2 Å². The Labute approximate surface area is 119 Å². The average Bonchev–Trinajstić information content (AvgIpc) is 2.31. The van der Waals surface area contributed by atoms with Gasteiger partial charge in [0.25, 0.3) is 0 Å². The number of nitrogens with zero attached hydrogens (tertiary/aromatic N) is 1. The summed E-state index contributed by atoms with van der Waals surface area (Å²) in [7, 11) is 1.60. The molecule has 1 aliphatic rings. The number of aromatic nitrogens is 1. The summed E-state index contributed by atoms with van der Waals surface area (Å²) >= 11 is 4.83. The van der Waals surface area contributed by atoms with Crippen LogP contribution in [-0.2, 0) is 10.9 Å². The second-order valence-electron chi connectivity index (χ2n) is 4.63. The minimum Gasteiger partial charge on any atom is -0.389 e. The zero-order valence-electron chi connectivity index (χ0n) is 10.7. The molecule has 1 aromatic rings. The van der Waals surface area contributed by atoms with Gasteiger partial charge in [-0.25, -0.2) is 4.98 Å². The van der Waals surface area contributed by atoms with Gasteiger partial charge < -0.3 is 15.8 Å². The summed E-state index contributed by atoms with van der Waals surface area (Å²) in [5, 5.41) is 2.95. The number of nitrogens with two attached hydrogens (primary N) is 1. The third-order valence-corrected chi connectivity index (χ3v) is 3.44. The lowest BCUT2D eigenvalue weighted by Crippen LogP contribution is -2.41. The van der Waals surface area contributed by atoms with E-state index in [2.05, 4.69) is 10.3 Å². The fourth-order valence-corrected chi connectivity index (χ4v) is 2.16. The summed E-state index contributed by atoms with van der Waals surface area (Å²) in [5.74, 6) is 0.0758. The van der Waals surface area contributed by atoms with E-state index in [4.69, 9.17) is 22.7 Å². The SMILES string of the molecule is COC1CC(Nc2nc(C(F)(F)F)ccc2C(N)=S)C1. The van der Waals surface area contributed by atoms with Gasteiger partial charge in [-0.3, -0.25) is 0 Å².